The number of aromatic nitrogens is 2. The predicted molar refractivity (Wildman–Crippen MR) is 94.5 cm³/mol. The molecule has 0 aliphatic heterocycles. The summed E-state index contributed by atoms with van der Waals surface area (Å²) in [4.78, 5) is 22.3. The SMILES string of the molecule is Cc1nc(NCCNC(=O)COc2ccccc2)cc(N(C)C)n1. The van der Waals surface area contributed by atoms with Gasteiger partial charge in [0.05, 0.1) is 0 Å². The van der Waals surface area contributed by atoms with Crippen LogP contribution in [0.25, 0.3) is 0 Å². The highest BCUT2D eigenvalue weighted by atomic mass is 16.5. The van der Waals surface area contributed by atoms with Crippen LogP contribution in [0.2, 0.25) is 0 Å². The zero-order chi connectivity index (χ0) is 17.4. The summed E-state index contributed by atoms with van der Waals surface area (Å²) in [5.41, 5.74) is 0. The van der Waals surface area contributed by atoms with E-state index in [0.717, 1.165) is 11.6 Å². The van der Waals surface area contributed by atoms with Crippen molar-refractivity contribution in [1.82, 2.24) is 15.3 Å². The molecule has 128 valence electrons. The molecule has 0 spiro atoms. The third kappa shape index (κ3) is 5.75. The highest BCUT2D eigenvalue weighted by Gasteiger charge is 2.04. The van der Waals surface area contributed by atoms with Crippen LogP contribution >= 0.6 is 0 Å². The van der Waals surface area contributed by atoms with Gasteiger partial charge in [-0.25, -0.2) is 9.97 Å². The molecular formula is C17H23N5O2. The van der Waals surface area contributed by atoms with Gasteiger partial charge in [-0.05, 0) is 19.1 Å². The third-order valence-corrected chi connectivity index (χ3v) is 3.15. The molecule has 0 fully saturated rings. The van der Waals surface area contributed by atoms with Gasteiger partial charge in [-0.2, -0.15) is 0 Å². The molecule has 0 atom stereocenters. The molecule has 7 nitrogen and oxygen atoms in total. The monoisotopic (exact) mass is 329 g/mol. The van der Waals surface area contributed by atoms with Gasteiger partial charge in [0, 0.05) is 33.3 Å². The molecule has 1 aromatic carbocycles. The van der Waals surface area contributed by atoms with Crippen LogP contribution in [0.4, 0.5) is 11.6 Å². The van der Waals surface area contributed by atoms with Gasteiger partial charge in [-0.3, -0.25) is 4.79 Å². The van der Waals surface area contributed by atoms with Crippen molar-refractivity contribution in [1.29, 1.82) is 0 Å². The van der Waals surface area contributed by atoms with E-state index in [9.17, 15) is 4.79 Å². The Bertz CT molecular complexity index is 661. The van der Waals surface area contributed by atoms with Crippen molar-refractivity contribution in [2.45, 2.75) is 6.92 Å². The lowest BCUT2D eigenvalue weighted by Gasteiger charge is -2.14. The van der Waals surface area contributed by atoms with Gasteiger partial charge in [0.25, 0.3) is 5.91 Å². The average molecular weight is 329 g/mol. The molecule has 2 aromatic rings. The van der Waals surface area contributed by atoms with Crippen LogP contribution in [0, 0.1) is 6.92 Å². The van der Waals surface area contributed by atoms with Gasteiger partial charge in [0.1, 0.15) is 23.2 Å². The van der Waals surface area contributed by atoms with Crippen molar-refractivity contribution in [3.63, 3.8) is 0 Å². The van der Waals surface area contributed by atoms with E-state index in [1.807, 2.05) is 62.3 Å². The molecule has 0 saturated carbocycles. The first kappa shape index (κ1) is 17.5. The topological polar surface area (TPSA) is 79.4 Å². The number of ether oxygens (including phenoxy) is 1. The highest BCUT2D eigenvalue weighted by molar-refractivity contribution is 5.77. The van der Waals surface area contributed by atoms with Crippen LogP contribution in [-0.2, 0) is 4.79 Å². The Kier molecular flexibility index (Phi) is 6.36. The molecule has 2 N–H and O–H groups in total. The standard InChI is InChI=1S/C17H23N5O2/c1-13-20-15(11-16(21-13)22(2)3)18-9-10-19-17(23)12-24-14-7-5-4-6-8-14/h4-8,11H,9-10,12H2,1-3H3,(H,19,23)(H,18,20,21). The maximum Gasteiger partial charge on any atom is 0.258 e. The van der Waals surface area contributed by atoms with Crippen LogP contribution in [0.1, 0.15) is 5.82 Å². The first-order valence-electron chi connectivity index (χ1n) is 7.76. The fraction of sp³-hybridized carbons (Fsp3) is 0.353. The summed E-state index contributed by atoms with van der Waals surface area (Å²) < 4.78 is 5.38. The number of hydrogen-bond donors (Lipinski definition) is 2. The van der Waals surface area contributed by atoms with Crippen molar-refractivity contribution in [3.8, 4) is 5.75 Å². The molecule has 0 aliphatic carbocycles. The van der Waals surface area contributed by atoms with Crippen LogP contribution in [0.5, 0.6) is 5.75 Å². The number of hydrogen-bond acceptors (Lipinski definition) is 6. The van der Waals surface area contributed by atoms with E-state index < -0.39 is 0 Å². The third-order valence-electron chi connectivity index (χ3n) is 3.15. The number of anilines is 2. The molecule has 1 heterocycles. The van der Waals surface area contributed by atoms with Crippen molar-refractivity contribution >= 4 is 17.5 Å². The molecule has 1 aromatic heterocycles. The number of carbonyl (C=O) groups excluding carboxylic acids is 1. The lowest BCUT2D eigenvalue weighted by molar-refractivity contribution is -0.123. The lowest BCUT2D eigenvalue weighted by atomic mass is 10.3. The second kappa shape index (κ2) is 8.71. The van der Waals surface area contributed by atoms with E-state index in [-0.39, 0.29) is 12.5 Å². The summed E-state index contributed by atoms with van der Waals surface area (Å²) in [5.74, 6) is 2.79. The Morgan fingerprint density at radius 2 is 1.92 bits per heavy atom. The van der Waals surface area contributed by atoms with Crippen molar-refractivity contribution in [2.75, 3.05) is 44.0 Å². The van der Waals surface area contributed by atoms with Crippen LogP contribution < -0.4 is 20.3 Å². The predicted octanol–water partition coefficient (Wildman–Crippen LogP) is 1.46. The van der Waals surface area contributed by atoms with E-state index >= 15 is 0 Å². The molecule has 2 rings (SSSR count). The second-order valence-corrected chi connectivity index (χ2v) is 5.43. The number of amides is 1. The van der Waals surface area contributed by atoms with Crippen LogP contribution in [0.3, 0.4) is 0 Å². The average Bonchev–Trinajstić information content (AvgIpc) is 2.57. The van der Waals surface area contributed by atoms with E-state index in [1.165, 1.54) is 0 Å². The number of rotatable bonds is 8. The van der Waals surface area contributed by atoms with Gasteiger partial charge in [-0.1, -0.05) is 18.2 Å². The van der Waals surface area contributed by atoms with Crippen molar-refractivity contribution in [2.24, 2.45) is 0 Å². The van der Waals surface area contributed by atoms with E-state index in [1.54, 1.807) is 0 Å². The minimum Gasteiger partial charge on any atom is -0.484 e. The van der Waals surface area contributed by atoms with Gasteiger partial charge in [0.2, 0.25) is 0 Å². The number of para-hydroxylation sites is 1. The maximum absolute atomic E-state index is 11.7. The van der Waals surface area contributed by atoms with E-state index in [0.29, 0.717) is 24.7 Å². The van der Waals surface area contributed by atoms with Crippen LogP contribution in [0.15, 0.2) is 36.4 Å². The molecule has 0 bridgehead atoms. The number of benzene rings is 1. The lowest BCUT2D eigenvalue weighted by Crippen LogP contribution is -2.32. The Morgan fingerprint density at radius 1 is 1.17 bits per heavy atom. The number of nitrogens with one attached hydrogen (secondary N) is 2. The Labute approximate surface area is 142 Å². The summed E-state index contributed by atoms with van der Waals surface area (Å²) in [6.07, 6.45) is 0. The normalized spacial score (nSPS) is 10.1. The Hall–Kier alpha value is -2.83. The number of carbonyl (C=O) groups is 1. The largest absolute Gasteiger partial charge is 0.484 e. The van der Waals surface area contributed by atoms with Gasteiger partial charge >= 0.3 is 0 Å². The Balaban J connectivity index is 1.70. The molecule has 0 saturated heterocycles. The fourth-order valence-electron chi connectivity index (χ4n) is 1.98. The van der Waals surface area contributed by atoms with Gasteiger partial charge in [-0.15, -0.1) is 0 Å². The number of nitrogens with zero attached hydrogens (tertiary/aromatic N) is 3. The zero-order valence-electron chi connectivity index (χ0n) is 14.2. The first-order chi connectivity index (χ1) is 11.5. The van der Waals surface area contributed by atoms with Gasteiger partial charge < -0.3 is 20.3 Å². The van der Waals surface area contributed by atoms with Crippen molar-refractivity contribution in [3.05, 3.63) is 42.2 Å². The van der Waals surface area contributed by atoms with Crippen LogP contribution in [-0.4, -0.2) is 49.7 Å². The summed E-state index contributed by atoms with van der Waals surface area (Å²) >= 11 is 0. The quantitative estimate of drug-likeness (QED) is 0.714. The Morgan fingerprint density at radius 3 is 2.62 bits per heavy atom. The second-order valence-electron chi connectivity index (χ2n) is 5.43. The molecular weight excluding hydrogens is 306 g/mol. The van der Waals surface area contributed by atoms with Gasteiger partial charge in [0.15, 0.2) is 6.61 Å². The number of aryl methyl sites for hydroxylation is 1. The summed E-state index contributed by atoms with van der Waals surface area (Å²) in [5, 5.41) is 5.97. The summed E-state index contributed by atoms with van der Waals surface area (Å²) in [6, 6.07) is 11.1. The molecule has 24 heavy (non-hydrogen) atoms. The van der Waals surface area contributed by atoms with E-state index in [4.69, 9.17) is 4.74 Å². The summed E-state index contributed by atoms with van der Waals surface area (Å²) in [7, 11) is 3.86. The minimum atomic E-state index is -0.159. The highest BCUT2D eigenvalue weighted by Crippen LogP contribution is 2.12. The molecule has 7 heteroatoms. The minimum absolute atomic E-state index is 0.00139. The van der Waals surface area contributed by atoms with Crippen molar-refractivity contribution < 1.29 is 9.53 Å². The molecule has 1 amide bonds. The molecule has 0 unspecified atom stereocenters. The maximum atomic E-state index is 11.7. The smallest absolute Gasteiger partial charge is 0.258 e. The zero-order valence-corrected chi connectivity index (χ0v) is 14.2. The molecule has 0 aliphatic rings. The summed E-state index contributed by atoms with van der Waals surface area (Å²) in [6.45, 7) is 2.90. The fourth-order valence-corrected chi connectivity index (χ4v) is 1.98. The first-order valence-corrected chi connectivity index (χ1v) is 7.76. The molecule has 0 radical (unpaired) electrons. The van der Waals surface area contributed by atoms with E-state index in [2.05, 4.69) is 20.6 Å².